The van der Waals surface area contributed by atoms with Crippen LogP contribution in [0.15, 0.2) is 42.5 Å². The lowest BCUT2D eigenvalue weighted by Crippen LogP contribution is -2.48. The molecule has 0 bridgehead atoms. The number of nitrogens with zero attached hydrogens (tertiary/aromatic N) is 1. The number of hydrogen-bond donors (Lipinski definition) is 0. The molecular formula is C20H21Cl2NO3. The SMILES string of the molecule is C[C@H]1CN(C(=O)c2cccc(OCc3ccc(Cl)c(Cl)c3)c2)C[C@H](C)O1. The van der Waals surface area contributed by atoms with Gasteiger partial charge in [0.1, 0.15) is 12.4 Å². The zero-order chi connectivity index (χ0) is 18.7. The van der Waals surface area contributed by atoms with E-state index in [0.29, 0.717) is 41.1 Å². The number of amides is 1. The average molecular weight is 394 g/mol. The Kier molecular flexibility index (Phi) is 6.07. The van der Waals surface area contributed by atoms with Gasteiger partial charge in [-0.15, -0.1) is 0 Å². The quantitative estimate of drug-likeness (QED) is 0.746. The minimum atomic E-state index is -0.00742. The van der Waals surface area contributed by atoms with Gasteiger partial charge in [-0.05, 0) is 49.7 Å². The molecule has 0 unspecified atom stereocenters. The van der Waals surface area contributed by atoms with Gasteiger partial charge in [-0.2, -0.15) is 0 Å². The Morgan fingerprint density at radius 1 is 1.12 bits per heavy atom. The van der Waals surface area contributed by atoms with Crippen molar-refractivity contribution in [2.75, 3.05) is 13.1 Å². The van der Waals surface area contributed by atoms with Gasteiger partial charge < -0.3 is 14.4 Å². The third-order valence-electron chi connectivity index (χ3n) is 4.18. The van der Waals surface area contributed by atoms with Crippen LogP contribution >= 0.6 is 23.2 Å². The van der Waals surface area contributed by atoms with Gasteiger partial charge >= 0.3 is 0 Å². The van der Waals surface area contributed by atoms with Crippen molar-refractivity contribution in [2.45, 2.75) is 32.7 Å². The molecule has 0 aliphatic carbocycles. The van der Waals surface area contributed by atoms with E-state index in [1.165, 1.54) is 0 Å². The summed E-state index contributed by atoms with van der Waals surface area (Å²) in [6.45, 7) is 5.49. The van der Waals surface area contributed by atoms with Crippen molar-refractivity contribution >= 4 is 29.1 Å². The highest BCUT2D eigenvalue weighted by molar-refractivity contribution is 6.42. The molecule has 6 heteroatoms. The fourth-order valence-electron chi connectivity index (χ4n) is 3.04. The molecule has 2 aromatic rings. The molecule has 0 saturated carbocycles. The molecule has 3 rings (SSSR count). The molecule has 1 aliphatic heterocycles. The van der Waals surface area contributed by atoms with E-state index < -0.39 is 0 Å². The second-order valence-electron chi connectivity index (χ2n) is 6.53. The van der Waals surface area contributed by atoms with E-state index in [0.717, 1.165) is 5.56 Å². The summed E-state index contributed by atoms with van der Waals surface area (Å²) in [7, 11) is 0. The second-order valence-corrected chi connectivity index (χ2v) is 7.35. The number of carbonyl (C=O) groups is 1. The van der Waals surface area contributed by atoms with Gasteiger partial charge in [-0.1, -0.05) is 35.3 Å². The van der Waals surface area contributed by atoms with Crippen LogP contribution in [0.1, 0.15) is 29.8 Å². The highest BCUT2D eigenvalue weighted by atomic mass is 35.5. The molecule has 0 aromatic heterocycles. The van der Waals surface area contributed by atoms with E-state index in [9.17, 15) is 4.79 Å². The lowest BCUT2D eigenvalue weighted by molar-refractivity contribution is -0.0586. The van der Waals surface area contributed by atoms with Gasteiger partial charge in [0.2, 0.25) is 0 Å². The smallest absolute Gasteiger partial charge is 0.254 e. The van der Waals surface area contributed by atoms with Crippen molar-refractivity contribution in [1.82, 2.24) is 4.90 Å². The van der Waals surface area contributed by atoms with Crippen LogP contribution in [-0.4, -0.2) is 36.1 Å². The lowest BCUT2D eigenvalue weighted by atomic mass is 10.1. The molecule has 1 amide bonds. The summed E-state index contributed by atoms with van der Waals surface area (Å²) in [6, 6.07) is 12.6. The fourth-order valence-corrected chi connectivity index (χ4v) is 3.36. The van der Waals surface area contributed by atoms with Crippen LogP contribution in [0.3, 0.4) is 0 Å². The summed E-state index contributed by atoms with van der Waals surface area (Å²) in [5.74, 6) is 0.628. The predicted octanol–water partition coefficient (Wildman–Crippen LogP) is 4.82. The monoisotopic (exact) mass is 393 g/mol. The third kappa shape index (κ3) is 4.70. The first-order valence-corrected chi connectivity index (χ1v) is 9.29. The Balaban J connectivity index is 1.67. The molecule has 4 nitrogen and oxygen atoms in total. The summed E-state index contributed by atoms with van der Waals surface area (Å²) in [5, 5.41) is 1.00. The Morgan fingerprint density at radius 3 is 2.54 bits per heavy atom. The highest BCUT2D eigenvalue weighted by Crippen LogP contribution is 2.24. The number of carbonyl (C=O) groups excluding carboxylic acids is 1. The van der Waals surface area contributed by atoms with E-state index >= 15 is 0 Å². The Labute approximate surface area is 163 Å². The van der Waals surface area contributed by atoms with E-state index in [4.69, 9.17) is 32.7 Å². The van der Waals surface area contributed by atoms with Crippen LogP contribution in [-0.2, 0) is 11.3 Å². The van der Waals surface area contributed by atoms with Crippen molar-refractivity contribution in [3.8, 4) is 5.75 Å². The van der Waals surface area contributed by atoms with E-state index in [-0.39, 0.29) is 18.1 Å². The first-order chi connectivity index (χ1) is 12.4. The van der Waals surface area contributed by atoms with Crippen LogP contribution in [0, 0.1) is 0 Å². The minimum absolute atomic E-state index is 0.00742. The Hall–Kier alpha value is -1.75. The molecule has 0 radical (unpaired) electrons. The molecule has 26 heavy (non-hydrogen) atoms. The van der Waals surface area contributed by atoms with Crippen LogP contribution in [0.2, 0.25) is 10.0 Å². The highest BCUT2D eigenvalue weighted by Gasteiger charge is 2.26. The zero-order valence-corrected chi connectivity index (χ0v) is 16.3. The molecule has 1 fully saturated rings. The van der Waals surface area contributed by atoms with Crippen molar-refractivity contribution in [2.24, 2.45) is 0 Å². The van der Waals surface area contributed by atoms with Crippen LogP contribution in [0.5, 0.6) is 5.75 Å². The topological polar surface area (TPSA) is 38.8 Å². The van der Waals surface area contributed by atoms with Gasteiger partial charge in [0.25, 0.3) is 5.91 Å². The van der Waals surface area contributed by atoms with Crippen LogP contribution in [0.25, 0.3) is 0 Å². The second kappa shape index (κ2) is 8.30. The van der Waals surface area contributed by atoms with Gasteiger partial charge in [-0.3, -0.25) is 4.79 Å². The molecule has 1 aliphatic rings. The maximum absolute atomic E-state index is 12.8. The van der Waals surface area contributed by atoms with Gasteiger partial charge in [0, 0.05) is 18.7 Å². The Bertz CT molecular complexity index is 786. The normalized spacial score (nSPS) is 20.1. The first kappa shape index (κ1) is 19.0. The van der Waals surface area contributed by atoms with Gasteiger partial charge in [0.05, 0.1) is 22.3 Å². The molecule has 0 spiro atoms. The fraction of sp³-hybridized carbons (Fsp3) is 0.350. The molecule has 2 atom stereocenters. The summed E-state index contributed by atoms with van der Waals surface area (Å²) < 4.78 is 11.5. The zero-order valence-electron chi connectivity index (χ0n) is 14.7. The molecule has 0 N–H and O–H groups in total. The van der Waals surface area contributed by atoms with Crippen molar-refractivity contribution in [3.05, 3.63) is 63.6 Å². The minimum Gasteiger partial charge on any atom is -0.489 e. The van der Waals surface area contributed by atoms with Crippen LogP contribution < -0.4 is 4.74 Å². The molecule has 2 aromatic carbocycles. The molecule has 1 saturated heterocycles. The molecule has 138 valence electrons. The summed E-state index contributed by atoms with van der Waals surface area (Å²) in [6.07, 6.45) is 0.0774. The summed E-state index contributed by atoms with van der Waals surface area (Å²) in [5.41, 5.74) is 1.52. The van der Waals surface area contributed by atoms with E-state index in [1.807, 2.05) is 36.9 Å². The van der Waals surface area contributed by atoms with Gasteiger partial charge in [0.15, 0.2) is 0 Å². The lowest BCUT2D eigenvalue weighted by Gasteiger charge is -2.35. The number of benzene rings is 2. The maximum Gasteiger partial charge on any atom is 0.254 e. The van der Waals surface area contributed by atoms with E-state index in [1.54, 1.807) is 24.3 Å². The third-order valence-corrected chi connectivity index (χ3v) is 4.92. The van der Waals surface area contributed by atoms with Crippen molar-refractivity contribution in [3.63, 3.8) is 0 Å². The van der Waals surface area contributed by atoms with Crippen molar-refractivity contribution in [1.29, 1.82) is 0 Å². The van der Waals surface area contributed by atoms with Crippen molar-refractivity contribution < 1.29 is 14.3 Å². The van der Waals surface area contributed by atoms with Crippen LogP contribution in [0.4, 0.5) is 0 Å². The largest absolute Gasteiger partial charge is 0.489 e. The summed E-state index contributed by atoms with van der Waals surface area (Å²) >= 11 is 11.9. The number of rotatable bonds is 4. The van der Waals surface area contributed by atoms with Gasteiger partial charge in [-0.25, -0.2) is 0 Å². The predicted molar refractivity (Wildman–Crippen MR) is 103 cm³/mol. The van der Waals surface area contributed by atoms with E-state index in [2.05, 4.69) is 0 Å². The maximum atomic E-state index is 12.8. The molecular weight excluding hydrogens is 373 g/mol. The number of ether oxygens (including phenoxy) is 2. The number of halogens is 2. The number of hydrogen-bond acceptors (Lipinski definition) is 3. The Morgan fingerprint density at radius 2 is 1.85 bits per heavy atom. The summed E-state index contributed by atoms with van der Waals surface area (Å²) in [4.78, 5) is 14.6. The standard InChI is InChI=1S/C20H21Cl2NO3/c1-13-10-23(11-14(2)26-13)20(24)16-4-3-5-17(9-16)25-12-15-6-7-18(21)19(22)8-15/h3-9,13-14H,10-12H2,1-2H3/t13-,14-/m0/s1. The average Bonchev–Trinajstić information content (AvgIpc) is 2.61. The molecule has 1 heterocycles. The number of morpholine rings is 1. The first-order valence-electron chi connectivity index (χ1n) is 8.54.